The number of nitrogens with one attached hydrogen (secondary N) is 1. The third kappa shape index (κ3) is 2.42. The Bertz CT molecular complexity index is 452. The van der Waals surface area contributed by atoms with Crippen molar-refractivity contribution in [2.75, 3.05) is 5.32 Å². The number of anilines is 1. The van der Waals surface area contributed by atoms with Gasteiger partial charge in [-0.15, -0.1) is 11.3 Å². The number of thiazole rings is 1. The van der Waals surface area contributed by atoms with Crippen LogP contribution in [0.4, 0.5) is 5.82 Å². The van der Waals surface area contributed by atoms with Crippen molar-refractivity contribution in [1.82, 2.24) is 4.98 Å². The smallest absolute Gasteiger partial charge is 0.154 e. The van der Waals surface area contributed by atoms with Crippen LogP contribution in [-0.2, 0) is 6.54 Å². The van der Waals surface area contributed by atoms with Gasteiger partial charge in [0.1, 0.15) is 5.82 Å². The zero-order valence-corrected chi connectivity index (χ0v) is 10.6. The Hall–Kier alpha value is -1.35. The molecule has 2 aromatic rings. The van der Waals surface area contributed by atoms with Gasteiger partial charge in [-0.1, -0.05) is 17.7 Å². The first kappa shape index (κ1) is 11.1. The summed E-state index contributed by atoms with van der Waals surface area (Å²) in [6.45, 7) is 7.27. The minimum Gasteiger partial charge on any atom is -0.365 e. The van der Waals surface area contributed by atoms with Gasteiger partial charge in [0.25, 0.3) is 0 Å². The van der Waals surface area contributed by atoms with Crippen LogP contribution in [-0.4, -0.2) is 4.98 Å². The second-order valence-electron chi connectivity index (χ2n) is 4.05. The molecule has 1 N–H and O–H groups in total. The van der Waals surface area contributed by atoms with Gasteiger partial charge < -0.3 is 5.32 Å². The molecule has 0 atom stereocenters. The van der Waals surface area contributed by atoms with E-state index in [4.69, 9.17) is 0 Å². The van der Waals surface area contributed by atoms with Gasteiger partial charge in [0.2, 0.25) is 0 Å². The summed E-state index contributed by atoms with van der Waals surface area (Å²) >= 11 is 1.49. The van der Waals surface area contributed by atoms with Gasteiger partial charge in [-0.25, -0.2) is 4.98 Å². The van der Waals surface area contributed by atoms with Crippen LogP contribution in [0.2, 0.25) is 0 Å². The lowest BCUT2D eigenvalue weighted by Crippen LogP contribution is -2.04. The molecule has 0 aliphatic rings. The second kappa shape index (κ2) is 4.66. The maximum atomic E-state index is 4.09. The van der Waals surface area contributed by atoms with Gasteiger partial charge in [-0.3, -0.25) is 0 Å². The molecular formula is C13H15N2S. The second-order valence-corrected chi connectivity index (χ2v) is 4.71. The van der Waals surface area contributed by atoms with E-state index in [1.807, 2.05) is 5.38 Å². The molecule has 0 unspecified atom stereocenters. The summed E-state index contributed by atoms with van der Waals surface area (Å²) in [6, 6.07) is 4.44. The summed E-state index contributed by atoms with van der Waals surface area (Å²) in [7, 11) is 0. The Morgan fingerprint density at radius 3 is 2.50 bits per heavy atom. The third-order valence-corrected chi connectivity index (χ3v) is 3.21. The molecule has 0 fully saturated rings. The highest BCUT2D eigenvalue weighted by Gasteiger charge is 2.04. The summed E-state index contributed by atoms with van der Waals surface area (Å²) in [5, 5.41) is 5.28. The van der Waals surface area contributed by atoms with E-state index in [-0.39, 0.29) is 0 Å². The Balaban J connectivity index is 2.15. The van der Waals surface area contributed by atoms with Gasteiger partial charge in [0.05, 0.1) is 0 Å². The predicted octanol–water partition coefficient (Wildman–Crippen LogP) is 3.48. The lowest BCUT2D eigenvalue weighted by Gasteiger charge is -2.11. The minimum atomic E-state index is 0.829. The SMILES string of the molecule is Cc1cc(C)c(CNc2cs[c]n2)c(C)c1. The van der Waals surface area contributed by atoms with E-state index >= 15 is 0 Å². The maximum absolute atomic E-state index is 4.09. The van der Waals surface area contributed by atoms with Crippen molar-refractivity contribution in [3.8, 4) is 0 Å². The minimum absolute atomic E-state index is 0.829. The highest BCUT2D eigenvalue weighted by Crippen LogP contribution is 2.18. The molecule has 1 heterocycles. The van der Waals surface area contributed by atoms with E-state index < -0.39 is 0 Å². The zero-order valence-electron chi connectivity index (χ0n) is 9.79. The standard InChI is InChI=1S/C13H15N2S/c1-9-4-10(2)12(11(3)5-9)6-14-13-7-16-8-15-13/h4-5,7,14H,6H2,1-3H3. The number of nitrogens with zero attached hydrogens (tertiary/aromatic N) is 1. The zero-order chi connectivity index (χ0) is 11.5. The molecule has 0 spiro atoms. The van der Waals surface area contributed by atoms with Gasteiger partial charge in [0, 0.05) is 11.9 Å². The van der Waals surface area contributed by atoms with Crippen molar-refractivity contribution < 1.29 is 0 Å². The average molecular weight is 231 g/mol. The number of aromatic nitrogens is 1. The lowest BCUT2D eigenvalue weighted by molar-refractivity contribution is 1.07. The Labute approximate surface area is 100 Å². The van der Waals surface area contributed by atoms with Gasteiger partial charge in [-0.2, -0.15) is 0 Å². The van der Waals surface area contributed by atoms with E-state index in [2.05, 4.69) is 48.7 Å². The van der Waals surface area contributed by atoms with Crippen LogP contribution in [0.5, 0.6) is 0 Å². The third-order valence-electron chi connectivity index (χ3n) is 2.68. The molecule has 2 rings (SSSR count). The monoisotopic (exact) mass is 231 g/mol. The molecule has 0 saturated heterocycles. The maximum Gasteiger partial charge on any atom is 0.154 e. The Morgan fingerprint density at radius 1 is 1.25 bits per heavy atom. The van der Waals surface area contributed by atoms with Crippen molar-refractivity contribution in [3.05, 3.63) is 45.3 Å². The van der Waals surface area contributed by atoms with Crippen LogP contribution < -0.4 is 5.32 Å². The van der Waals surface area contributed by atoms with E-state index in [9.17, 15) is 0 Å². The fourth-order valence-corrected chi connectivity index (χ4v) is 2.38. The van der Waals surface area contributed by atoms with Crippen LogP contribution in [0, 0.1) is 26.3 Å². The topological polar surface area (TPSA) is 24.9 Å². The molecule has 16 heavy (non-hydrogen) atoms. The Kier molecular flexibility index (Phi) is 3.25. The van der Waals surface area contributed by atoms with Crippen molar-refractivity contribution in [1.29, 1.82) is 0 Å². The molecule has 2 nitrogen and oxygen atoms in total. The predicted molar refractivity (Wildman–Crippen MR) is 68.9 cm³/mol. The Morgan fingerprint density at radius 2 is 1.94 bits per heavy atom. The van der Waals surface area contributed by atoms with Gasteiger partial charge in [-0.05, 0) is 37.5 Å². The summed E-state index contributed by atoms with van der Waals surface area (Å²) < 4.78 is 0. The molecule has 0 aliphatic carbocycles. The summed E-state index contributed by atoms with van der Waals surface area (Å²) in [5.41, 5.74) is 8.19. The van der Waals surface area contributed by atoms with Crippen molar-refractivity contribution >= 4 is 17.2 Å². The van der Waals surface area contributed by atoms with Crippen LogP contribution in [0.25, 0.3) is 0 Å². The molecule has 1 aromatic carbocycles. The summed E-state index contributed by atoms with van der Waals surface area (Å²) in [6.07, 6.45) is 0. The number of aryl methyl sites for hydroxylation is 3. The summed E-state index contributed by atoms with van der Waals surface area (Å²) in [5.74, 6) is 0.907. The van der Waals surface area contributed by atoms with Crippen LogP contribution >= 0.6 is 11.3 Å². The number of rotatable bonds is 3. The lowest BCUT2D eigenvalue weighted by atomic mass is 10.00. The van der Waals surface area contributed by atoms with Crippen molar-refractivity contribution in [2.24, 2.45) is 0 Å². The van der Waals surface area contributed by atoms with E-state index in [1.165, 1.54) is 33.6 Å². The van der Waals surface area contributed by atoms with E-state index in [0.29, 0.717) is 0 Å². The molecule has 0 aliphatic heterocycles. The van der Waals surface area contributed by atoms with Crippen molar-refractivity contribution in [2.45, 2.75) is 27.3 Å². The molecule has 3 heteroatoms. The highest BCUT2D eigenvalue weighted by molar-refractivity contribution is 7.07. The van der Waals surface area contributed by atoms with Crippen LogP contribution in [0.3, 0.4) is 0 Å². The molecule has 0 amide bonds. The fraction of sp³-hybridized carbons (Fsp3) is 0.308. The van der Waals surface area contributed by atoms with Crippen molar-refractivity contribution in [3.63, 3.8) is 0 Å². The quantitative estimate of drug-likeness (QED) is 0.874. The first-order valence-electron chi connectivity index (χ1n) is 5.29. The van der Waals surface area contributed by atoms with Crippen LogP contribution in [0.15, 0.2) is 17.5 Å². The van der Waals surface area contributed by atoms with Gasteiger partial charge in [0.15, 0.2) is 5.51 Å². The number of hydrogen-bond acceptors (Lipinski definition) is 3. The normalized spacial score (nSPS) is 10.4. The molecule has 0 saturated carbocycles. The van der Waals surface area contributed by atoms with Crippen LogP contribution in [0.1, 0.15) is 22.3 Å². The first-order valence-corrected chi connectivity index (χ1v) is 6.17. The molecule has 83 valence electrons. The summed E-state index contributed by atoms with van der Waals surface area (Å²) in [4.78, 5) is 4.09. The average Bonchev–Trinajstić information content (AvgIpc) is 2.68. The van der Waals surface area contributed by atoms with E-state index in [1.54, 1.807) is 0 Å². The van der Waals surface area contributed by atoms with E-state index in [0.717, 1.165) is 12.4 Å². The molecule has 0 bridgehead atoms. The number of benzene rings is 1. The fourth-order valence-electron chi connectivity index (χ4n) is 1.93. The molecular weight excluding hydrogens is 216 g/mol. The first-order chi connectivity index (χ1) is 7.66. The molecule has 1 radical (unpaired) electrons. The number of hydrogen-bond donors (Lipinski definition) is 1. The molecule has 1 aromatic heterocycles. The highest BCUT2D eigenvalue weighted by atomic mass is 32.1. The van der Waals surface area contributed by atoms with Gasteiger partial charge >= 0.3 is 0 Å². The largest absolute Gasteiger partial charge is 0.365 e.